The number of nitrogens with zero attached hydrogens (tertiary/aromatic N) is 11. The van der Waals surface area contributed by atoms with Crippen molar-refractivity contribution < 1.29 is 27.2 Å². The highest BCUT2D eigenvalue weighted by molar-refractivity contribution is 5.95. The zero-order chi connectivity index (χ0) is 62.3. The lowest BCUT2D eigenvalue weighted by Crippen LogP contribution is -2.27. The van der Waals surface area contributed by atoms with Crippen molar-refractivity contribution in [1.82, 2.24) is 39.9 Å². The predicted octanol–water partition coefficient (Wildman–Crippen LogP) is 15.8. The molecule has 12 aromatic rings. The number of carbonyl (C=O) groups is 2. The number of hydrogen-bond acceptors (Lipinski definition) is 12. The topological polar surface area (TPSA) is 159 Å². The molecule has 8 aromatic heterocycles. The van der Waals surface area contributed by atoms with Crippen LogP contribution in [-0.2, 0) is 9.59 Å². The van der Waals surface area contributed by atoms with E-state index in [1.165, 1.54) is 67.4 Å². The number of amides is 2. The van der Waals surface area contributed by atoms with Crippen LogP contribution in [0.1, 0.15) is 48.5 Å². The maximum Gasteiger partial charge on any atom is 0.223 e. The van der Waals surface area contributed by atoms with E-state index in [4.69, 9.17) is 9.97 Å². The summed E-state index contributed by atoms with van der Waals surface area (Å²) in [5.41, 5.74) is 13.4. The number of fused-ring (bicyclic) bond motifs is 4. The van der Waals surface area contributed by atoms with Crippen molar-refractivity contribution in [3.63, 3.8) is 0 Å². The van der Waals surface area contributed by atoms with E-state index in [2.05, 4.69) is 109 Å². The van der Waals surface area contributed by atoms with Gasteiger partial charge in [-0.2, -0.15) is 17.6 Å². The zero-order valence-electron chi connectivity index (χ0n) is 49.8. The van der Waals surface area contributed by atoms with Crippen LogP contribution in [0, 0.1) is 23.8 Å². The number of pyridine rings is 8. The number of nitrogens with one attached hydrogen (secondary N) is 1. The molecule has 14 nitrogen and oxygen atoms in total. The fraction of sp³-hybridized carbons (Fsp3) is 0.171. The molecular formula is C70H64F4N12O2. The van der Waals surface area contributed by atoms with E-state index < -0.39 is 23.8 Å². The molecule has 0 saturated heterocycles. The van der Waals surface area contributed by atoms with E-state index in [0.717, 1.165) is 109 Å². The van der Waals surface area contributed by atoms with E-state index in [0.29, 0.717) is 23.6 Å². The van der Waals surface area contributed by atoms with Gasteiger partial charge in [0.1, 0.15) is 0 Å². The van der Waals surface area contributed by atoms with E-state index in [9.17, 15) is 27.2 Å². The third-order valence-corrected chi connectivity index (χ3v) is 14.4. The Morgan fingerprint density at radius 1 is 0.364 bits per heavy atom. The Morgan fingerprint density at radius 3 is 0.943 bits per heavy atom. The molecular weight excluding hydrogens is 1120 g/mol. The van der Waals surface area contributed by atoms with Gasteiger partial charge < -0.3 is 20.0 Å². The molecule has 0 fully saturated rings. The Labute approximate surface area is 507 Å². The van der Waals surface area contributed by atoms with Crippen molar-refractivity contribution in [3.05, 3.63) is 218 Å². The molecule has 0 aliphatic carbocycles. The molecule has 0 unspecified atom stereocenters. The summed E-state index contributed by atoms with van der Waals surface area (Å²) >= 11 is 0. The van der Waals surface area contributed by atoms with E-state index >= 15 is 0 Å². The van der Waals surface area contributed by atoms with Crippen molar-refractivity contribution in [2.45, 2.75) is 48.5 Å². The molecule has 0 radical (unpaired) electrons. The molecule has 0 bridgehead atoms. The SMILES string of the molecule is CC(=O)Nc1ccc2ccc(-c3ccc(F)nc3)nc2c1.CCN(C(C)=O)c1ccc2ccc(-c3ccc(F)nc3)nc2c1.CCN(CC)c1ccc2ccc(-c3ccc(F)nc3)nc2c1.CCN(CC)c1ccc2ccc(-c3ccc(F)nc3)nc2c1. The van der Waals surface area contributed by atoms with Crippen LogP contribution in [-0.4, -0.2) is 84.4 Å². The summed E-state index contributed by atoms with van der Waals surface area (Å²) in [7, 11) is 0. The van der Waals surface area contributed by atoms with E-state index in [-0.39, 0.29) is 11.8 Å². The second-order valence-electron chi connectivity index (χ2n) is 20.1. The molecule has 0 aliphatic rings. The van der Waals surface area contributed by atoms with Crippen molar-refractivity contribution in [1.29, 1.82) is 0 Å². The van der Waals surface area contributed by atoms with Gasteiger partial charge in [-0.25, -0.2) is 39.9 Å². The summed E-state index contributed by atoms with van der Waals surface area (Å²) in [4.78, 5) is 62.3. The summed E-state index contributed by atoms with van der Waals surface area (Å²) in [6, 6.07) is 51.4. The lowest BCUT2D eigenvalue weighted by atomic mass is 10.1. The average Bonchev–Trinajstić information content (AvgIpc) is 3.27. The average molecular weight is 1180 g/mol. The fourth-order valence-corrected chi connectivity index (χ4v) is 9.79. The summed E-state index contributed by atoms with van der Waals surface area (Å²) in [5.74, 6) is -2.13. The molecule has 1 N–H and O–H groups in total. The summed E-state index contributed by atoms with van der Waals surface area (Å²) in [6.45, 7) is 17.9. The molecule has 0 saturated carbocycles. The maximum atomic E-state index is 12.9. The van der Waals surface area contributed by atoms with Gasteiger partial charge in [0.15, 0.2) is 0 Å². The summed E-state index contributed by atoms with van der Waals surface area (Å²) < 4.78 is 51.7. The van der Waals surface area contributed by atoms with E-state index in [1.54, 1.807) is 42.2 Å². The Morgan fingerprint density at radius 2 is 0.659 bits per heavy atom. The van der Waals surface area contributed by atoms with Gasteiger partial charge in [0.25, 0.3) is 0 Å². The normalized spacial score (nSPS) is 10.8. The van der Waals surface area contributed by atoms with Gasteiger partial charge >= 0.3 is 0 Å². The molecule has 4 aromatic carbocycles. The molecule has 0 atom stereocenters. The van der Waals surface area contributed by atoms with Crippen molar-refractivity contribution in [2.75, 3.05) is 52.7 Å². The number of hydrogen-bond donors (Lipinski definition) is 1. The first-order valence-electron chi connectivity index (χ1n) is 28.8. The van der Waals surface area contributed by atoms with Crippen LogP contribution in [0.4, 0.5) is 40.3 Å². The number of rotatable bonds is 13. The number of benzene rings is 4. The van der Waals surface area contributed by atoms with Crippen LogP contribution in [0.2, 0.25) is 0 Å². The summed E-state index contributed by atoms with van der Waals surface area (Å²) in [5, 5.41) is 6.85. The third kappa shape index (κ3) is 15.6. The minimum absolute atomic E-state index is 0.00857. The van der Waals surface area contributed by atoms with Gasteiger partial charge in [0.05, 0.1) is 44.8 Å². The van der Waals surface area contributed by atoms with Gasteiger partial charge in [-0.1, -0.05) is 48.5 Å². The molecule has 444 valence electrons. The molecule has 8 heterocycles. The first-order chi connectivity index (χ1) is 42.6. The van der Waals surface area contributed by atoms with Gasteiger partial charge in [-0.15, -0.1) is 0 Å². The van der Waals surface area contributed by atoms with Crippen molar-refractivity contribution in [2.24, 2.45) is 0 Å². The largest absolute Gasteiger partial charge is 0.372 e. The standard InChI is InChI=1S/C18H16FN3O.2C18H18FN3.C16H12FN3O/c1-3-22(12(2)23)15-7-4-13-5-8-16(21-17(13)10-15)14-6-9-18(19)20-11-14;2*1-3-22(4-2)15-8-5-13-6-9-16(21-17(13)11-15)14-7-10-18(19)20-12-14;1-10(21)19-13-5-2-11-3-6-14(20-15(11)8-13)12-4-7-16(17)18-9-12/h4-11H,3H2,1-2H3;2*5-12H,3-4H2,1-2H3;2-9H,1H3,(H,19,21). The minimum Gasteiger partial charge on any atom is -0.372 e. The molecule has 0 spiro atoms. The molecule has 18 heteroatoms. The number of carbonyl (C=O) groups excluding carboxylic acids is 2. The number of halogens is 4. The third-order valence-electron chi connectivity index (χ3n) is 14.4. The number of aromatic nitrogens is 8. The molecule has 12 rings (SSSR count). The quantitative estimate of drug-likeness (QED) is 0.0861. The van der Waals surface area contributed by atoms with Crippen LogP contribution >= 0.6 is 0 Å². The highest BCUT2D eigenvalue weighted by Gasteiger charge is 2.13. The number of anilines is 4. The van der Waals surface area contributed by atoms with Gasteiger partial charge in [0.2, 0.25) is 35.6 Å². The summed E-state index contributed by atoms with van der Waals surface area (Å²) in [6.07, 6.45) is 5.93. The zero-order valence-corrected chi connectivity index (χ0v) is 49.8. The lowest BCUT2D eigenvalue weighted by molar-refractivity contribution is -0.116. The highest BCUT2D eigenvalue weighted by atomic mass is 19.1. The fourth-order valence-electron chi connectivity index (χ4n) is 9.79. The lowest BCUT2D eigenvalue weighted by Gasteiger charge is -2.21. The Bertz CT molecular complexity index is 4220. The Balaban J connectivity index is 0.000000140. The van der Waals surface area contributed by atoms with Gasteiger partial charge in [0, 0.05) is 138 Å². The van der Waals surface area contributed by atoms with Crippen LogP contribution in [0.15, 0.2) is 195 Å². The first-order valence-corrected chi connectivity index (χ1v) is 28.8. The Hall–Kier alpha value is -10.6. The monoisotopic (exact) mass is 1180 g/mol. The predicted molar refractivity (Wildman–Crippen MR) is 345 cm³/mol. The molecule has 88 heavy (non-hydrogen) atoms. The molecule has 2 amide bonds. The van der Waals surface area contributed by atoms with Crippen LogP contribution in [0.3, 0.4) is 0 Å². The van der Waals surface area contributed by atoms with Crippen molar-refractivity contribution in [3.8, 4) is 45.0 Å². The van der Waals surface area contributed by atoms with Gasteiger partial charge in [-0.05, 0) is 156 Å². The second-order valence-corrected chi connectivity index (χ2v) is 20.1. The second kappa shape index (κ2) is 29.0. The minimum atomic E-state index is -0.521. The van der Waals surface area contributed by atoms with Crippen LogP contribution in [0.5, 0.6) is 0 Å². The van der Waals surface area contributed by atoms with Gasteiger partial charge in [-0.3, -0.25) is 9.59 Å². The van der Waals surface area contributed by atoms with E-state index in [1.807, 2.05) is 85.8 Å². The first kappa shape index (κ1) is 61.9. The highest BCUT2D eigenvalue weighted by Crippen LogP contribution is 2.29. The van der Waals surface area contributed by atoms with Crippen LogP contribution < -0.4 is 20.0 Å². The maximum absolute atomic E-state index is 12.9. The smallest absolute Gasteiger partial charge is 0.223 e. The Kier molecular flexibility index (Phi) is 20.4. The van der Waals surface area contributed by atoms with Crippen LogP contribution in [0.25, 0.3) is 88.6 Å². The van der Waals surface area contributed by atoms with Crippen molar-refractivity contribution >= 4 is 78.2 Å². The molecule has 0 aliphatic heterocycles.